The van der Waals surface area contributed by atoms with Crippen LogP contribution < -0.4 is 10.6 Å². The summed E-state index contributed by atoms with van der Waals surface area (Å²) in [6, 6.07) is 16.0. The molecule has 0 spiro atoms. The van der Waals surface area contributed by atoms with E-state index in [1.807, 2.05) is 0 Å². The lowest BCUT2D eigenvalue weighted by Crippen LogP contribution is -2.51. The van der Waals surface area contributed by atoms with Gasteiger partial charge in [0.05, 0.1) is 11.8 Å². The lowest BCUT2D eigenvalue weighted by atomic mass is 10.1. The lowest BCUT2D eigenvalue weighted by molar-refractivity contribution is -0.134. The van der Waals surface area contributed by atoms with Crippen LogP contribution in [0.5, 0.6) is 0 Å². The van der Waals surface area contributed by atoms with E-state index in [1.165, 1.54) is 23.2 Å². The zero-order valence-corrected chi connectivity index (χ0v) is 23.7. The molecule has 214 valence electrons. The second kappa shape index (κ2) is 14.0. The van der Waals surface area contributed by atoms with Crippen molar-refractivity contribution in [3.8, 4) is 0 Å². The summed E-state index contributed by atoms with van der Waals surface area (Å²) in [5.41, 5.74) is 1.36. The van der Waals surface area contributed by atoms with Gasteiger partial charge in [-0.1, -0.05) is 35.9 Å². The van der Waals surface area contributed by atoms with Gasteiger partial charge in [0.2, 0.25) is 17.7 Å². The van der Waals surface area contributed by atoms with E-state index in [-0.39, 0.29) is 49.8 Å². The molecule has 1 atom stereocenters. The Morgan fingerprint density at radius 1 is 0.976 bits per heavy atom. The third kappa shape index (κ3) is 8.45. The third-order valence-electron chi connectivity index (χ3n) is 6.65. The van der Waals surface area contributed by atoms with E-state index >= 15 is 0 Å². The molecule has 3 amide bonds. The number of benzene rings is 1. The number of nitrogens with zero attached hydrogens (tertiary/aromatic N) is 3. The van der Waals surface area contributed by atoms with Gasteiger partial charge in [0.15, 0.2) is 14.9 Å². The summed E-state index contributed by atoms with van der Waals surface area (Å²) in [5.74, 6) is -1.36. The standard InChI is InChI=1S/C29H30ClN5O5S/c30-22-10-7-21(8-11-22)9-12-26(36)34-25(19-23-5-1-3-15-31-23)29(38)33-20-28(37)35-17-13-24(14-18-35)41(39,40)27-6-2-4-16-32-27/h1-12,15-16,24-25H,13-14,17-20H2,(H,33,38)(H,34,36)/t25-/m0/s1. The minimum absolute atomic E-state index is 0.0287. The van der Waals surface area contributed by atoms with Gasteiger partial charge in [-0.2, -0.15) is 0 Å². The van der Waals surface area contributed by atoms with Gasteiger partial charge >= 0.3 is 0 Å². The minimum Gasteiger partial charge on any atom is -0.345 e. The van der Waals surface area contributed by atoms with Gasteiger partial charge in [-0.15, -0.1) is 0 Å². The number of aromatic nitrogens is 2. The van der Waals surface area contributed by atoms with Gasteiger partial charge in [-0.3, -0.25) is 19.4 Å². The smallest absolute Gasteiger partial charge is 0.244 e. The quantitative estimate of drug-likeness (QED) is 0.343. The van der Waals surface area contributed by atoms with E-state index < -0.39 is 32.9 Å². The van der Waals surface area contributed by atoms with Crippen LogP contribution in [0.25, 0.3) is 6.08 Å². The van der Waals surface area contributed by atoms with Crippen molar-refractivity contribution in [2.45, 2.75) is 35.6 Å². The number of hydrogen-bond acceptors (Lipinski definition) is 7. The first-order valence-electron chi connectivity index (χ1n) is 13.1. The number of pyridine rings is 2. The predicted molar refractivity (Wildman–Crippen MR) is 154 cm³/mol. The summed E-state index contributed by atoms with van der Waals surface area (Å²) in [6.45, 7) is 0.204. The number of sulfone groups is 1. The number of nitrogens with one attached hydrogen (secondary N) is 2. The Morgan fingerprint density at radius 2 is 1.66 bits per heavy atom. The van der Waals surface area contributed by atoms with E-state index in [9.17, 15) is 22.8 Å². The monoisotopic (exact) mass is 595 g/mol. The van der Waals surface area contributed by atoms with Crippen molar-refractivity contribution in [2.75, 3.05) is 19.6 Å². The van der Waals surface area contributed by atoms with Crippen LogP contribution in [0, 0.1) is 0 Å². The lowest BCUT2D eigenvalue weighted by Gasteiger charge is -2.31. The van der Waals surface area contributed by atoms with Gasteiger partial charge in [-0.25, -0.2) is 13.4 Å². The van der Waals surface area contributed by atoms with Crippen molar-refractivity contribution in [1.29, 1.82) is 0 Å². The number of halogens is 1. The maximum atomic E-state index is 13.1. The van der Waals surface area contributed by atoms with E-state index in [0.717, 1.165) is 5.56 Å². The van der Waals surface area contributed by atoms with E-state index in [1.54, 1.807) is 66.9 Å². The summed E-state index contributed by atoms with van der Waals surface area (Å²) in [5, 5.41) is 5.28. The molecule has 4 rings (SSSR count). The number of likely N-dealkylation sites (tertiary alicyclic amines) is 1. The van der Waals surface area contributed by atoms with Gasteiger partial charge in [0.1, 0.15) is 6.04 Å². The van der Waals surface area contributed by atoms with Crippen molar-refractivity contribution in [3.63, 3.8) is 0 Å². The second-order valence-electron chi connectivity index (χ2n) is 9.48. The molecule has 0 radical (unpaired) electrons. The molecule has 3 heterocycles. The number of piperidine rings is 1. The highest BCUT2D eigenvalue weighted by molar-refractivity contribution is 7.92. The molecule has 1 aliphatic rings. The minimum atomic E-state index is -3.59. The first kappa shape index (κ1) is 29.9. The average molecular weight is 596 g/mol. The van der Waals surface area contributed by atoms with Gasteiger partial charge in [-0.05, 0) is 60.9 Å². The second-order valence-corrected chi connectivity index (χ2v) is 12.1. The van der Waals surface area contributed by atoms with Crippen LogP contribution in [0.4, 0.5) is 0 Å². The molecule has 0 saturated carbocycles. The van der Waals surface area contributed by atoms with Crippen molar-refractivity contribution in [1.82, 2.24) is 25.5 Å². The zero-order chi connectivity index (χ0) is 29.2. The fraction of sp³-hybridized carbons (Fsp3) is 0.276. The highest BCUT2D eigenvalue weighted by Crippen LogP contribution is 2.23. The Kier molecular flexibility index (Phi) is 10.2. The molecule has 1 saturated heterocycles. The number of rotatable bonds is 10. The van der Waals surface area contributed by atoms with Crippen molar-refractivity contribution in [3.05, 3.63) is 95.4 Å². The largest absolute Gasteiger partial charge is 0.345 e. The Bertz CT molecular complexity index is 1480. The molecule has 0 unspecified atom stereocenters. The highest BCUT2D eigenvalue weighted by Gasteiger charge is 2.33. The first-order chi connectivity index (χ1) is 19.7. The van der Waals surface area contributed by atoms with Crippen LogP contribution in [-0.2, 0) is 30.6 Å². The molecular formula is C29H30ClN5O5S. The summed E-state index contributed by atoms with van der Waals surface area (Å²) in [4.78, 5) is 48.3. The maximum absolute atomic E-state index is 13.1. The molecule has 41 heavy (non-hydrogen) atoms. The van der Waals surface area contributed by atoms with E-state index in [0.29, 0.717) is 10.7 Å². The van der Waals surface area contributed by atoms with Crippen LogP contribution in [0.1, 0.15) is 24.1 Å². The molecule has 0 bridgehead atoms. The normalized spacial score (nSPS) is 14.9. The fourth-order valence-corrected chi connectivity index (χ4v) is 6.18. The molecule has 0 aliphatic carbocycles. The third-order valence-corrected chi connectivity index (χ3v) is 9.07. The first-order valence-corrected chi connectivity index (χ1v) is 15.0. The number of carbonyl (C=O) groups excluding carboxylic acids is 3. The number of hydrogen-bond donors (Lipinski definition) is 2. The molecular weight excluding hydrogens is 566 g/mol. The molecule has 2 N–H and O–H groups in total. The number of carbonyl (C=O) groups is 3. The van der Waals surface area contributed by atoms with Crippen molar-refractivity contribution >= 4 is 45.2 Å². The predicted octanol–water partition coefficient (Wildman–Crippen LogP) is 2.45. The van der Waals surface area contributed by atoms with Crippen molar-refractivity contribution < 1.29 is 22.8 Å². The van der Waals surface area contributed by atoms with Crippen LogP contribution in [-0.4, -0.2) is 71.9 Å². The SMILES string of the molecule is O=C(C=Cc1ccc(Cl)cc1)N[C@@H](Cc1ccccn1)C(=O)NCC(=O)N1CCC(S(=O)(=O)c2ccccn2)CC1. The van der Waals surface area contributed by atoms with E-state index in [4.69, 9.17) is 11.6 Å². The molecule has 12 heteroatoms. The van der Waals surface area contributed by atoms with Crippen LogP contribution >= 0.6 is 11.6 Å². The molecule has 1 aliphatic heterocycles. The summed E-state index contributed by atoms with van der Waals surface area (Å²) >= 11 is 5.90. The Morgan fingerprint density at radius 3 is 2.29 bits per heavy atom. The molecule has 1 aromatic carbocycles. The molecule has 2 aromatic heterocycles. The molecule has 10 nitrogen and oxygen atoms in total. The maximum Gasteiger partial charge on any atom is 0.244 e. The fourth-order valence-electron chi connectivity index (χ4n) is 4.40. The van der Waals surface area contributed by atoms with Crippen molar-refractivity contribution in [2.24, 2.45) is 0 Å². The Labute approximate surface area is 243 Å². The molecule has 3 aromatic rings. The van der Waals surface area contributed by atoms with Gasteiger partial charge in [0.25, 0.3) is 0 Å². The highest BCUT2D eigenvalue weighted by atomic mass is 35.5. The van der Waals surface area contributed by atoms with Gasteiger partial charge in [0, 0.05) is 48.7 Å². The topological polar surface area (TPSA) is 138 Å². The van der Waals surface area contributed by atoms with E-state index in [2.05, 4.69) is 20.6 Å². The van der Waals surface area contributed by atoms with Crippen LogP contribution in [0.2, 0.25) is 5.02 Å². The summed E-state index contributed by atoms with van der Waals surface area (Å²) in [6.07, 6.45) is 6.62. The number of amides is 3. The average Bonchev–Trinajstić information content (AvgIpc) is 3.00. The summed E-state index contributed by atoms with van der Waals surface area (Å²) < 4.78 is 25.7. The summed E-state index contributed by atoms with van der Waals surface area (Å²) in [7, 11) is -3.59. The Hall–Kier alpha value is -4.09. The van der Waals surface area contributed by atoms with Gasteiger partial charge < -0.3 is 15.5 Å². The van der Waals surface area contributed by atoms with Crippen LogP contribution in [0.15, 0.2) is 84.2 Å². The molecule has 1 fully saturated rings. The van der Waals surface area contributed by atoms with Crippen LogP contribution in [0.3, 0.4) is 0 Å². The zero-order valence-electron chi connectivity index (χ0n) is 22.1. The Balaban J connectivity index is 1.32.